The SMILES string of the molecule is C=CC(=O)N(C)c1c(C)c(O)c(C)c(C)c1O. The molecule has 0 fully saturated rings. The van der Waals surface area contributed by atoms with Crippen LogP contribution < -0.4 is 4.90 Å². The van der Waals surface area contributed by atoms with Crippen LogP contribution in [-0.4, -0.2) is 23.2 Å². The molecule has 0 unspecified atom stereocenters. The molecule has 1 aromatic carbocycles. The molecule has 1 amide bonds. The van der Waals surface area contributed by atoms with Crippen molar-refractivity contribution in [1.82, 2.24) is 0 Å². The molecule has 0 saturated heterocycles. The summed E-state index contributed by atoms with van der Waals surface area (Å²) in [4.78, 5) is 12.8. The molecule has 0 heterocycles. The third kappa shape index (κ3) is 1.98. The van der Waals surface area contributed by atoms with E-state index in [2.05, 4.69) is 6.58 Å². The lowest BCUT2D eigenvalue weighted by molar-refractivity contribution is -0.113. The summed E-state index contributed by atoms with van der Waals surface area (Å²) in [6, 6.07) is 0. The van der Waals surface area contributed by atoms with Crippen molar-refractivity contribution < 1.29 is 15.0 Å². The van der Waals surface area contributed by atoms with Gasteiger partial charge in [-0.25, -0.2) is 0 Å². The van der Waals surface area contributed by atoms with Crippen LogP contribution in [-0.2, 0) is 4.79 Å². The summed E-state index contributed by atoms with van der Waals surface area (Å²) in [6.45, 7) is 8.46. The van der Waals surface area contributed by atoms with Crippen molar-refractivity contribution >= 4 is 11.6 Å². The average Bonchev–Trinajstić information content (AvgIpc) is 2.32. The van der Waals surface area contributed by atoms with Crippen molar-refractivity contribution in [2.75, 3.05) is 11.9 Å². The third-order valence-electron chi connectivity index (χ3n) is 3.05. The molecule has 1 rings (SSSR count). The van der Waals surface area contributed by atoms with Gasteiger partial charge in [0.1, 0.15) is 11.5 Å². The number of rotatable bonds is 2. The largest absolute Gasteiger partial charge is 0.507 e. The molecule has 17 heavy (non-hydrogen) atoms. The summed E-state index contributed by atoms with van der Waals surface area (Å²) in [5.74, 6) is -0.236. The number of phenolic OH excluding ortho intramolecular Hbond substituents is 2. The fourth-order valence-corrected chi connectivity index (χ4v) is 1.76. The van der Waals surface area contributed by atoms with E-state index >= 15 is 0 Å². The maximum atomic E-state index is 11.5. The Balaban J connectivity index is 3.54. The molecule has 0 saturated carbocycles. The second-order valence-electron chi connectivity index (χ2n) is 4.02. The van der Waals surface area contributed by atoms with E-state index in [1.807, 2.05) is 0 Å². The number of likely N-dealkylation sites (N-methyl/N-ethyl adjacent to an activating group) is 1. The molecule has 0 bridgehead atoms. The van der Waals surface area contributed by atoms with Gasteiger partial charge < -0.3 is 15.1 Å². The predicted octanol–water partition coefficient (Wildman–Crippen LogP) is 2.17. The molecule has 2 N–H and O–H groups in total. The number of anilines is 1. The summed E-state index contributed by atoms with van der Waals surface area (Å²) in [5.41, 5.74) is 1.97. The van der Waals surface area contributed by atoms with Crippen molar-refractivity contribution in [3.05, 3.63) is 29.3 Å². The number of carbonyl (C=O) groups is 1. The van der Waals surface area contributed by atoms with Crippen LogP contribution in [0, 0.1) is 20.8 Å². The Morgan fingerprint density at radius 1 is 1.12 bits per heavy atom. The first-order valence-corrected chi connectivity index (χ1v) is 5.24. The van der Waals surface area contributed by atoms with E-state index in [0.717, 1.165) is 6.08 Å². The Bertz CT molecular complexity index is 463. The van der Waals surface area contributed by atoms with Crippen LogP contribution in [0.25, 0.3) is 0 Å². The maximum Gasteiger partial charge on any atom is 0.250 e. The highest BCUT2D eigenvalue weighted by atomic mass is 16.3. The van der Waals surface area contributed by atoms with Gasteiger partial charge in [-0.15, -0.1) is 0 Å². The fraction of sp³-hybridized carbons (Fsp3) is 0.308. The monoisotopic (exact) mass is 235 g/mol. The summed E-state index contributed by atoms with van der Waals surface area (Å²) in [7, 11) is 1.53. The van der Waals surface area contributed by atoms with E-state index in [0.29, 0.717) is 22.4 Å². The number of benzene rings is 1. The molecule has 0 aliphatic rings. The van der Waals surface area contributed by atoms with E-state index in [9.17, 15) is 15.0 Å². The molecule has 0 atom stereocenters. The fourth-order valence-electron chi connectivity index (χ4n) is 1.76. The number of hydrogen-bond acceptors (Lipinski definition) is 3. The molecule has 92 valence electrons. The molecule has 1 aromatic rings. The summed E-state index contributed by atoms with van der Waals surface area (Å²) in [6.07, 6.45) is 1.16. The van der Waals surface area contributed by atoms with Gasteiger partial charge in [-0.3, -0.25) is 4.79 Å². The third-order valence-corrected chi connectivity index (χ3v) is 3.05. The van der Waals surface area contributed by atoms with Crippen molar-refractivity contribution in [1.29, 1.82) is 0 Å². The van der Waals surface area contributed by atoms with Gasteiger partial charge in [0.25, 0.3) is 0 Å². The maximum absolute atomic E-state index is 11.5. The van der Waals surface area contributed by atoms with Gasteiger partial charge in [-0.1, -0.05) is 6.58 Å². The molecule has 4 nitrogen and oxygen atoms in total. The lowest BCUT2D eigenvalue weighted by Gasteiger charge is -2.22. The quantitative estimate of drug-likeness (QED) is 0.610. The number of amides is 1. The van der Waals surface area contributed by atoms with E-state index in [1.165, 1.54) is 11.9 Å². The summed E-state index contributed by atoms with van der Waals surface area (Å²) >= 11 is 0. The van der Waals surface area contributed by atoms with Crippen LogP contribution in [0.4, 0.5) is 5.69 Å². The van der Waals surface area contributed by atoms with Crippen LogP contribution in [0.15, 0.2) is 12.7 Å². The first-order valence-electron chi connectivity index (χ1n) is 5.24. The zero-order valence-electron chi connectivity index (χ0n) is 10.5. The summed E-state index contributed by atoms with van der Waals surface area (Å²) < 4.78 is 0. The molecule has 0 aromatic heterocycles. The highest BCUT2D eigenvalue weighted by Gasteiger charge is 2.21. The second kappa shape index (κ2) is 4.49. The minimum Gasteiger partial charge on any atom is -0.507 e. The first kappa shape index (κ1) is 13.1. The van der Waals surface area contributed by atoms with Crippen LogP contribution in [0.2, 0.25) is 0 Å². The minimum absolute atomic E-state index is 0.00972. The van der Waals surface area contributed by atoms with Gasteiger partial charge in [-0.2, -0.15) is 0 Å². The number of phenols is 2. The first-order chi connectivity index (χ1) is 7.82. The van der Waals surface area contributed by atoms with Gasteiger partial charge in [-0.05, 0) is 38.0 Å². The van der Waals surface area contributed by atoms with Crippen LogP contribution in [0.1, 0.15) is 16.7 Å². The number of nitrogens with zero attached hydrogens (tertiary/aromatic N) is 1. The van der Waals surface area contributed by atoms with Gasteiger partial charge >= 0.3 is 0 Å². The van der Waals surface area contributed by atoms with Gasteiger partial charge in [0, 0.05) is 12.6 Å². The number of hydrogen-bond donors (Lipinski definition) is 2. The van der Waals surface area contributed by atoms with Crippen LogP contribution >= 0.6 is 0 Å². The Kier molecular flexibility index (Phi) is 3.46. The van der Waals surface area contributed by atoms with Gasteiger partial charge in [0.15, 0.2) is 0 Å². The Morgan fingerprint density at radius 3 is 2.06 bits per heavy atom. The highest BCUT2D eigenvalue weighted by molar-refractivity contribution is 6.02. The molecular weight excluding hydrogens is 218 g/mol. The molecule has 0 aliphatic carbocycles. The van der Waals surface area contributed by atoms with E-state index in [1.54, 1.807) is 20.8 Å². The summed E-state index contributed by atoms with van der Waals surface area (Å²) in [5, 5.41) is 20.0. The Morgan fingerprint density at radius 2 is 1.59 bits per heavy atom. The molecule has 0 radical (unpaired) electrons. The van der Waals surface area contributed by atoms with Crippen LogP contribution in [0.3, 0.4) is 0 Å². The van der Waals surface area contributed by atoms with Gasteiger partial charge in [0.2, 0.25) is 5.91 Å². The van der Waals surface area contributed by atoms with Crippen molar-refractivity contribution in [2.45, 2.75) is 20.8 Å². The van der Waals surface area contributed by atoms with Crippen molar-refractivity contribution in [3.8, 4) is 11.5 Å². The average molecular weight is 235 g/mol. The van der Waals surface area contributed by atoms with Crippen LogP contribution in [0.5, 0.6) is 11.5 Å². The van der Waals surface area contributed by atoms with Crippen molar-refractivity contribution in [3.63, 3.8) is 0 Å². The lowest BCUT2D eigenvalue weighted by Crippen LogP contribution is -2.25. The number of aromatic hydroxyl groups is 2. The van der Waals surface area contributed by atoms with E-state index in [4.69, 9.17) is 0 Å². The van der Waals surface area contributed by atoms with Gasteiger partial charge in [0.05, 0.1) is 5.69 Å². The van der Waals surface area contributed by atoms with E-state index in [-0.39, 0.29) is 17.4 Å². The normalized spacial score (nSPS) is 10.1. The minimum atomic E-state index is -0.342. The highest BCUT2D eigenvalue weighted by Crippen LogP contribution is 2.41. The smallest absolute Gasteiger partial charge is 0.250 e. The molecule has 0 spiro atoms. The zero-order valence-corrected chi connectivity index (χ0v) is 10.5. The molecule has 4 heteroatoms. The predicted molar refractivity (Wildman–Crippen MR) is 67.6 cm³/mol. The lowest BCUT2D eigenvalue weighted by atomic mass is 10.0. The molecular formula is C13H17NO3. The zero-order chi connectivity index (χ0) is 13.3. The van der Waals surface area contributed by atoms with Crippen molar-refractivity contribution in [2.24, 2.45) is 0 Å². The molecule has 0 aliphatic heterocycles. The standard InChI is InChI=1S/C13H17NO3/c1-6-10(15)14(5)11-9(4)12(16)7(2)8(3)13(11)17/h6,16-17H,1H2,2-5H3. The number of carbonyl (C=O) groups excluding carboxylic acids is 1. The van der Waals surface area contributed by atoms with E-state index < -0.39 is 0 Å². The Hall–Kier alpha value is -1.97. The second-order valence-corrected chi connectivity index (χ2v) is 4.02. The Labute approximate surface area is 101 Å². The topological polar surface area (TPSA) is 60.8 Å².